The molecule has 0 spiro atoms. The fraction of sp³-hybridized carbons (Fsp3) is 0.944. The van der Waals surface area contributed by atoms with Crippen molar-refractivity contribution in [3.05, 3.63) is 0 Å². The van der Waals surface area contributed by atoms with Crippen LogP contribution >= 0.6 is 0 Å². The van der Waals surface area contributed by atoms with Crippen LogP contribution in [0.4, 0.5) is 0 Å². The molecule has 0 aromatic rings. The van der Waals surface area contributed by atoms with Crippen molar-refractivity contribution in [3.8, 4) is 0 Å². The van der Waals surface area contributed by atoms with Crippen molar-refractivity contribution in [2.45, 2.75) is 96.8 Å². The first-order valence-corrected chi connectivity index (χ1v) is 9.06. The summed E-state index contributed by atoms with van der Waals surface area (Å²) in [5.41, 5.74) is 0. The Morgan fingerprint density at radius 2 is 1.05 bits per heavy atom. The van der Waals surface area contributed by atoms with Crippen LogP contribution in [0.1, 0.15) is 96.8 Å². The van der Waals surface area contributed by atoms with Crippen LogP contribution in [0.15, 0.2) is 0 Å². The van der Waals surface area contributed by atoms with Gasteiger partial charge in [0.2, 0.25) is 0 Å². The lowest BCUT2D eigenvalue weighted by Crippen LogP contribution is -2.17. The summed E-state index contributed by atoms with van der Waals surface area (Å²) in [6.07, 6.45) is 20.5. The zero-order valence-corrected chi connectivity index (χ0v) is 13.8. The molecule has 0 aromatic heterocycles. The monoisotopic (exact) mass is 283 g/mol. The minimum absolute atomic E-state index is 0.512. The van der Waals surface area contributed by atoms with Gasteiger partial charge in [-0.15, -0.1) is 0 Å². The smallest absolute Gasteiger partial charge is 0.133 e. The predicted molar refractivity (Wildman–Crippen MR) is 89.2 cm³/mol. The molecule has 0 fully saturated rings. The molecule has 0 atom stereocenters. The number of carbonyl (C=O) groups excluding carboxylic acids is 1. The van der Waals surface area contributed by atoms with Crippen LogP contribution in [0.25, 0.3) is 0 Å². The summed E-state index contributed by atoms with van der Waals surface area (Å²) in [7, 11) is 0. The topological polar surface area (TPSA) is 29.1 Å². The normalized spacial score (nSPS) is 10.8. The molecule has 0 rings (SSSR count). The Balaban J connectivity index is 2.90. The summed E-state index contributed by atoms with van der Waals surface area (Å²) in [6, 6.07) is 0. The molecule has 20 heavy (non-hydrogen) atoms. The van der Waals surface area contributed by atoms with E-state index in [0.29, 0.717) is 6.54 Å². The summed E-state index contributed by atoms with van der Waals surface area (Å²) < 4.78 is 0. The van der Waals surface area contributed by atoms with Crippen LogP contribution in [0, 0.1) is 0 Å². The summed E-state index contributed by atoms with van der Waals surface area (Å²) in [6.45, 7) is 3.79. The number of hydrogen-bond acceptors (Lipinski definition) is 2. The molecule has 0 amide bonds. The number of hydrogen-bond donors (Lipinski definition) is 1. The van der Waals surface area contributed by atoms with Crippen molar-refractivity contribution in [2.24, 2.45) is 0 Å². The first-order valence-electron chi connectivity index (χ1n) is 9.06. The Labute approximate surface area is 127 Å². The molecule has 0 unspecified atom stereocenters. The maximum absolute atomic E-state index is 10.1. The number of nitrogens with one attached hydrogen (secondary N) is 1. The Morgan fingerprint density at radius 3 is 1.45 bits per heavy atom. The summed E-state index contributed by atoms with van der Waals surface area (Å²) in [5, 5.41) is 3.11. The Bertz CT molecular complexity index is 182. The summed E-state index contributed by atoms with van der Waals surface area (Å²) in [5.74, 6) is 0. The molecular weight excluding hydrogens is 246 g/mol. The lowest BCUT2D eigenvalue weighted by Gasteiger charge is -2.03. The van der Waals surface area contributed by atoms with Gasteiger partial charge in [-0.2, -0.15) is 0 Å². The van der Waals surface area contributed by atoms with Gasteiger partial charge >= 0.3 is 0 Å². The first-order chi connectivity index (χ1) is 9.91. The van der Waals surface area contributed by atoms with Crippen molar-refractivity contribution < 1.29 is 4.79 Å². The van der Waals surface area contributed by atoms with Crippen molar-refractivity contribution >= 4 is 6.29 Å². The fourth-order valence-electron chi connectivity index (χ4n) is 2.61. The van der Waals surface area contributed by atoms with Crippen molar-refractivity contribution in [2.75, 3.05) is 13.1 Å². The first kappa shape index (κ1) is 19.6. The van der Waals surface area contributed by atoms with E-state index in [4.69, 9.17) is 0 Å². The van der Waals surface area contributed by atoms with Gasteiger partial charge in [-0.3, -0.25) is 0 Å². The molecule has 120 valence electrons. The van der Waals surface area contributed by atoms with E-state index < -0.39 is 0 Å². The van der Waals surface area contributed by atoms with E-state index in [2.05, 4.69) is 12.2 Å². The lowest BCUT2D eigenvalue weighted by atomic mass is 10.0. The molecule has 0 aromatic carbocycles. The summed E-state index contributed by atoms with van der Waals surface area (Å²) in [4.78, 5) is 10.1. The van der Waals surface area contributed by atoms with Crippen molar-refractivity contribution in [3.63, 3.8) is 0 Å². The third kappa shape index (κ3) is 17.6. The van der Waals surface area contributed by atoms with Gasteiger partial charge in [-0.05, 0) is 13.0 Å². The minimum atomic E-state index is 0.512. The zero-order chi connectivity index (χ0) is 14.7. The molecule has 2 heteroatoms. The second-order valence-corrected chi connectivity index (χ2v) is 5.97. The third-order valence-corrected chi connectivity index (χ3v) is 3.93. The maximum Gasteiger partial charge on any atom is 0.133 e. The van der Waals surface area contributed by atoms with Gasteiger partial charge in [0.1, 0.15) is 6.29 Å². The largest absolute Gasteiger partial charge is 0.310 e. The number of aldehydes is 1. The van der Waals surface area contributed by atoms with Gasteiger partial charge in [-0.1, -0.05) is 90.4 Å². The van der Waals surface area contributed by atoms with E-state index in [1.165, 1.54) is 89.9 Å². The van der Waals surface area contributed by atoms with E-state index in [-0.39, 0.29) is 0 Å². The summed E-state index contributed by atoms with van der Waals surface area (Å²) >= 11 is 0. The number of rotatable bonds is 17. The van der Waals surface area contributed by atoms with Gasteiger partial charge in [-0.25, -0.2) is 0 Å². The quantitative estimate of drug-likeness (QED) is 0.291. The molecule has 0 saturated heterocycles. The van der Waals surface area contributed by atoms with Gasteiger partial charge in [0.15, 0.2) is 0 Å². The van der Waals surface area contributed by atoms with Crippen LogP contribution < -0.4 is 5.32 Å². The molecule has 0 aliphatic rings. The van der Waals surface area contributed by atoms with Gasteiger partial charge in [0.25, 0.3) is 0 Å². The average Bonchev–Trinajstić information content (AvgIpc) is 2.47. The number of unbranched alkanes of at least 4 members (excludes halogenated alkanes) is 13. The molecule has 0 heterocycles. The van der Waals surface area contributed by atoms with E-state index in [0.717, 1.165) is 12.8 Å². The van der Waals surface area contributed by atoms with Crippen LogP contribution in [0.2, 0.25) is 0 Å². The van der Waals surface area contributed by atoms with Gasteiger partial charge < -0.3 is 10.1 Å². The third-order valence-electron chi connectivity index (χ3n) is 3.93. The van der Waals surface area contributed by atoms with Crippen LogP contribution in [-0.4, -0.2) is 19.4 Å². The lowest BCUT2D eigenvalue weighted by molar-refractivity contribution is -0.107. The van der Waals surface area contributed by atoms with E-state index in [1.54, 1.807) is 0 Å². The Hall–Kier alpha value is -0.370. The molecule has 0 saturated carbocycles. The van der Waals surface area contributed by atoms with Gasteiger partial charge in [0.05, 0.1) is 6.54 Å². The van der Waals surface area contributed by atoms with E-state index >= 15 is 0 Å². The van der Waals surface area contributed by atoms with Gasteiger partial charge in [0, 0.05) is 0 Å². The zero-order valence-electron chi connectivity index (χ0n) is 13.8. The molecule has 0 aliphatic carbocycles. The molecule has 0 radical (unpaired) electrons. The Morgan fingerprint density at radius 1 is 0.650 bits per heavy atom. The van der Waals surface area contributed by atoms with Crippen LogP contribution in [0.3, 0.4) is 0 Å². The Kier molecular flexibility index (Phi) is 18.3. The highest BCUT2D eigenvalue weighted by Gasteiger charge is 1.94. The second kappa shape index (κ2) is 18.6. The standard InChI is InChI=1S/C18H37NO/c1-2-3-4-5-6-7-8-9-10-11-12-13-14-15-16-19-17-18-20/h18-19H,2-17H2,1H3. The molecule has 1 N–H and O–H groups in total. The molecule has 0 aliphatic heterocycles. The van der Waals surface area contributed by atoms with Crippen molar-refractivity contribution in [1.82, 2.24) is 5.32 Å². The highest BCUT2D eigenvalue weighted by Crippen LogP contribution is 2.12. The minimum Gasteiger partial charge on any atom is -0.310 e. The van der Waals surface area contributed by atoms with Crippen LogP contribution in [-0.2, 0) is 4.79 Å². The SMILES string of the molecule is CCCCCCCCCCCCCCCCNCC=O. The highest BCUT2D eigenvalue weighted by molar-refractivity contribution is 5.51. The highest BCUT2D eigenvalue weighted by atomic mass is 16.1. The second-order valence-electron chi connectivity index (χ2n) is 5.97. The maximum atomic E-state index is 10.1. The van der Waals surface area contributed by atoms with Crippen molar-refractivity contribution in [1.29, 1.82) is 0 Å². The fourth-order valence-corrected chi connectivity index (χ4v) is 2.61. The molecule has 2 nitrogen and oxygen atoms in total. The number of carbonyl (C=O) groups is 1. The molecular formula is C18H37NO. The molecule has 0 bridgehead atoms. The van der Waals surface area contributed by atoms with E-state index in [1.807, 2.05) is 0 Å². The van der Waals surface area contributed by atoms with Crippen LogP contribution in [0.5, 0.6) is 0 Å². The van der Waals surface area contributed by atoms with E-state index in [9.17, 15) is 4.79 Å². The average molecular weight is 283 g/mol. The predicted octanol–water partition coefficient (Wildman–Crippen LogP) is 5.26.